The summed E-state index contributed by atoms with van der Waals surface area (Å²) < 4.78 is 13.1. The van der Waals surface area contributed by atoms with Gasteiger partial charge in [0.05, 0.1) is 11.4 Å². The van der Waals surface area contributed by atoms with Crippen LogP contribution in [0.4, 0.5) is 21.5 Å². The van der Waals surface area contributed by atoms with E-state index < -0.39 is 0 Å². The predicted molar refractivity (Wildman–Crippen MR) is 69.9 cm³/mol. The van der Waals surface area contributed by atoms with Gasteiger partial charge in [-0.1, -0.05) is 19.1 Å². The van der Waals surface area contributed by atoms with Crippen LogP contribution in [-0.2, 0) is 6.42 Å². The Morgan fingerprint density at radius 3 is 2.47 bits per heavy atom. The molecule has 88 valence electrons. The smallest absolute Gasteiger partial charge is 0.125 e. The van der Waals surface area contributed by atoms with Crippen LogP contribution in [0.1, 0.15) is 12.5 Å². The highest BCUT2D eigenvalue weighted by Crippen LogP contribution is 2.24. The number of rotatable bonds is 3. The number of benzene rings is 2. The monoisotopic (exact) mass is 230 g/mol. The van der Waals surface area contributed by atoms with Gasteiger partial charge in [0.1, 0.15) is 5.82 Å². The second-order valence-electron chi connectivity index (χ2n) is 3.91. The molecule has 2 nitrogen and oxygen atoms in total. The standard InChI is InChI=1S/C14H15FN2/c1-2-10-3-6-12(7-4-10)17-14-9-11(15)5-8-13(14)16/h3-9,17H,2,16H2,1H3. The van der Waals surface area contributed by atoms with Crippen molar-refractivity contribution in [3.63, 3.8) is 0 Å². The fraction of sp³-hybridized carbons (Fsp3) is 0.143. The van der Waals surface area contributed by atoms with Crippen LogP contribution in [0.25, 0.3) is 0 Å². The first-order valence-corrected chi connectivity index (χ1v) is 5.60. The second kappa shape index (κ2) is 4.87. The van der Waals surface area contributed by atoms with Gasteiger partial charge in [0.2, 0.25) is 0 Å². The lowest BCUT2D eigenvalue weighted by molar-refractivity contribution is 0.628. The van der Waals surface area contributed by atoms with Crippen molar-refractivity contribution in [1.29, 1.82) is 0 Å². The van der Waals surface area contributed by atoms with Crippen molar-refractivity contribution < 1.29 is 4.39 Å². The average Bonchev–Trinajstić information content (AvgIpc) is 2.35. The van der Waals surface area contributed by atoms with E-state index in [0.29, 0.717) is 11.4 Å². The lowest BCUT2D eigenvalue weighted by Crippen LogP contribution is -1.97. The third-order valence-electron chi connectivity index (χ3n) is 2.66. The normalized spacial score (nSPS) is 10.2. The maximum absolute atomic E-state index is 13.1. The molecule has 3 N–H and O–H groups in total. The Morgan fingerprint density at radius 1 is 1.12 bits per heavy atom. The van der Waals surface area contributed by atoms with Gasteiger partial charge in [-0.2, -0.15) is 0 Å². The molecule has 0 radical (unpaired) electrons. The maximum atomic E-state index is 13.1. The van der Waals surface area contributed by atoms with Gasteiger partial charge in [-0.25, -0.2) is 4.39 Å². The molecule has 0 aliphatic carbocycles. The van der Waals surface area contributed by atoms with Crippen LogP contribution in [0, 0.1) is 5.82 Å². The zero-order chi connectivity index (χ0) is 12.3. The number of anilines is 3. The molecule has 0 amide bonds. The number of nitrogen functional groups attached to an aromatic ring is 1. The van der Waals surface area contributed by atoms with Gasteiger partial charge < -0.3 is 11.1 Å². The van der Waals surface area contributed by atoms with Crippen LogP contribution >= 0.6 is 0 Å². The fourth-order valence-electron chi connectivity index (χ4n) is 1.62. The first-order valence-electron chi connectivity index (χ1n) is 5.60. The van der Waals surface area contributed by atoms with Crippen molar-refractivity contribution >= 4 is 17.1 Å². The first-order chi connectivity index (χ1) is 8.19. The number of hydrogen-bond donors (Lipinski definition) is 2. The van der Waals surface area contributed by atoms with E-state index in [4.69, 9.17) is 5.73 Å². The van der Waals surface area contributed by atoms with Crippen molar-refractivity contribution in [3.05, 3.63) is 53.8 Å². The molecule has 2 rings (SSSR count). The number of halogens is 1. The quantitative estimate of drug-likeness (QED) is 0.789. The van der Waals surface area contributed by atoms with Crippen molar-refractivity contribution in [1.82, 2.24) is 0 Å². The van der Waals surface area contributed by atoms with Gasteiger partial charge in [-0.3, -0.25) is 0 Å². The Kier molecular flexibility index (Phi) is 3.28. The molecular formula is C14H15FN2. The van der Waals surface area contributed by atoms with Crippen LogP contribution in [0.2, 0.25) is 0 Å². The van der Waals surface area contributed by atoms with Gasteiger partial charge in [0, 0.05) is 5.69 Å². The number of nitrogens with two attached hydrogens (primary N) is 1. The number of hydrogen-bond acceptors (Lipinski definition) is 2. The van der Waals surface area contributed by atoms with Crippen molar-refractivity contribution in [2.45, 2.75) is 13.3 Å². The summed E-state index contributed by atoms with van der Waals surface area (Å²) >= 11 is 0. The molecule has 17 heavy (non-hydrogen) atoms. The topological polar surface area (TPSA) is 38.0 Å². The third-order valence-corrected chi connectivity index (χ3v) is 2.66. The Hall–Kier alpha value is -2.03. The van der Waals surface area contributed by atoms with E-state index in [0.717, 1.165) is 12.1 Å². The van der Waals surface area contributed by atoms with E-state index in [1.165, 1.54) is 17.7 Å². The molecule has 0 heterocycles. The van der Waals surface area contributed by atoms with Crippen LogP contribution in [-0.4, -0.2) is 0 Å². The molecule has 0 spiro atoms. The lowest BCUT2D eigenvalue weighted by atomic mass is 10.1. The largest absolute Gasteiger partial charge is 0.397 e. The molecule has 0 fully saturated rings. The minimum atomic E-state index is -0.299. The minimum Gasteiger partial charge on any atom is -0.397 e. The highest BCUT2D eigenvalue weighted by Gasteiger charge is 2.01. The minimum absolute atomic E-state index is 0.299. The van der Waals surface area contributed by atoms with Crippen molar-refractivity contribution in [2.75, 3.05) is 11.1 Å². The van der Waals surface area contributed by atoms with E-state index in [-0.39, 0.29) is 5.82 Å². The summed E-state index contributed by atoms with van der Waals surface area (Å²) in [4.78, 5) is 0. The Bertz CT molecular complexity index is 506. The summed E-state index contributed by atoms with van der Waals surface area (Å²) in [5.74, 6) is -0.299. The van der Waals surface area contributed by atoms with E-state index in [9.17, 15) is 4.39 Å². The highest BCUT2D eigenvalue weighted by atomic mass is 19.1. The van der Waals surface area contributed by atoms with Gasteiger partial charge in [-0.15, -0.1) is 0 Å². The molecule has 0 saturated carbocycles. The van der Waals surface area contributed by atoms with Gasteiger partial charge in [0.25, 0.3) is 0 Å². The molecule has 0 aliphatic heterocycles. The van der Waals surface area contributed by atoms with Crippen LogP contribution in [0.5, 0.6) is 0 Å². The van der Waals surface area contributed by atoms with Crippen LogP contribution in [0.15, 0.2) is 42.5 Å². The highest BCUT2D eigenvalue weighted by molar-refractivity contribution is 5.72. The van der Waals surface area contributed by atoms with Crippen LogP contribution in [0.3, 0.4) is 0 Å². The van der Waals surface area contributed by atoms with Gasteiger partial charge >= 0.3 is 0 Å². The SMILES string of the molecule is CCc1ccc(Nc2cc(F)ccc2N)cc1. The predicted octanol–water partition coefficient (Wildman–Crippen LogP) is 3.71. The average molecular weight is 230 g/mol. The zero-order valence-corrected chi connectivity index (χ0v) is 9.70. The summed E-state index contributed by atoms with van der Waals surface area (Å²) in [7, 11) is 0. The summed E-state index contributed by atoms with van der Waals surface area (Å²) in [6.07, 6.45) is 1.00. The molecule has 0 saturated heterocycles. The Morgan fingerprint density at radius 2 is 1.82 bits per heavy atom. The molecule has 0 unspecified atom stereocenters. The summed E-state index contributed by atoms with van der Waals surface area (Å²) in [5, 5.41) is 3.10. The van der Waals surface area contributed by atoms with E-state index in [1.807, 2.05) is 24.3 Å². The molecular weight excluding hydrogens is 215 g/mol. The molecule has 0 aliphatic rings. The molecule has 2 aromatic rings. The molecule has 0 bridgehead atoms. The van der Waals surface area contributed by atoms with Crippen molar-refractivity contribution in [2.24, 2.45) is 0 Å². The van der Waals surface area contributed by atoms with E-state index >= 15 is 0 Å². The summed E-state index contributed by atoms with van der Waals surface area (Å²) in [6.45, 7) is 2.10. The van der Waals surface area contributed by atoms with Gasteiger partial charge in [0.15, 0.2) is 0 Å². The molecule has 0 aromatic heterocycles. The van der Waals surface area contributed by atoms with Gasteiger partial charge in [-0.05, 0) is 42.3 Å². The summed E-state index contributed by atoms with van der Waals surface area (Å²) in [5.41, 5.74) is 9.06. The Balaban J connectivity index is 2.22. The third kappa shape index (κ3) is 2.75. The maximum Gasteiger partial charge on any atom is 0.125 e. The molecule has 3 heteroatoms. The second-order valence-corrected chi connectivity index (χ2v) is 3.91. The van der Waals surface area contributed by atoms with E-state index in [2.05, 4.69) is 12.2 Å². The first kappa shape index (κ1) is 11.5. The zero-order valence-electron chi connectivity index (χ0n) is 9.70. The Labute approximate surface area is 100 Å². The lowest BCUT2D eigenvalue weighted by Gasteiger charge is -2.09. The fourth-order valence-corrected chi connectivity index (χ4v) is 1.62. The van der Waals surface area contributed by atoms with Crippen molar-refractivity contribution in [3.8, 4) is 0 Å². The molecule has 2 aromatic carbocycles. The number of aryl methyl sites for hydroxylation is 1. The van der Waals surface area contributed by atoms with E-state index in [1.54, 1.807) is 6.07 Å². The molecule has 0 atom stereocenters. The van der Waals surface area contributed by atoms with Crippen LogP contribution < -0.4 is 11.1 Å². The number of nitrogens with one attached hydrogen (secondary N) is 1. The summed E-state index contributed by atoms with van der Waals surface area (Å²) in [6, 6.07) is 12.3.